The average Bonchev–Trinajstić information content (AvgIpc) is 3.25. The smallest absolute Gasteiger partial charge is 0.323 e. The minimum atomic E-state index is -0.300. The summed E-state index contributed by atoms with van der Waals surface area (Å²) in [5.41, 5.74) is 6.25. The Morgan fingerprint density at radius 3 is 2.47 bits per heavy atom. The molecule has 8 heteroatoms. The number of nitrogens with one attached hydrogen (secondary N) is 3. The summed E-state index contributed by atoms with van der Waals surface area (Å²) in [7, 11) is 3.95. The second kappa shape index (κ2) is 9.49. The predicted molar refractivity (Wildman–Crippen MR) is 133 cm³/mol. The van der Waals surface area contributed by atoms with Gasteiger partial charge in [-0.05, 0) is 61.0 Å². The van der Waals surface area contributed by atoms with Gasteiger partial charge in [-0.1, -0.05) is 6.07 Å². The number of aromatic nitrogens is 2. The van der Waals surface area contributed by atoms with Crippen LogP contribution in [0, 0.1) is 6.92 Å². The number of pyridine rings is 1. The molecule has 0 aliphatic carbocycles. The number of carbonyl (C=O) groups excluding carboxylic acids is 1. The molecule has 2 aromatic heterocycles. The zero-order valence-corrected chi connectivity index (χ0v) is 18.9. The van der Waals surface area contributed by atoms with Crippen molar-refractivity contribution in [3.63, 3.8) is 0 Å². The number of hydrogen-bond donors (Lipinski definition) is 3. The van der Waals surface area contributed by atoms with Gasteiger partial charge in [0.15, 0.2) is 5.13 Å². The number of aryl methyl sites for hydroxylation is 1. The maximum absolute atomic E-state index is 12.4. The van der Waals surface area contributed by atoms with E-state index in [9.17, 15) is 4.79 Å². The molecule has 0 atom stereocenters. The van der Waals surface area contributed by atoms with E-state index in [-0.39, 0.29) is 6.03 Å². The molecule has 2 amide bonds. The van der Waals surface area contributed by atoms with Crippen molar-refractivity contribution in [2.45, 2.75) is 6.92 Å². The fourth-order valence-electron chi connectivity index (χ4n) is 3.06. The Hall–Kier alpha value is -3.91. The Labute approximate surface area is 191 Å². The van der Waals surface area contributed by atoms with E-state index in [2.05, 4.69) is 25.9 Å². The van der Waals surface area contributed by atoms with Crippen LogP contribution in [0.4, 0.5) is 32.7 Å². The summed E-state index contributed by atoms with van der Waals surface area (Å²) in [6, 6.07) is 17.0. The summed E-state index contributed by atoms with van der Waals surface area (Å²) >= 11 is 1.52. The number of hydrogen-bond acceptors (Lipinski definition) is 6. The van der Waals surface area contributed by atoms with Gasteiger partial charge in [-0.15, -0.1) is 11.3 Å². The van der Waals surface area contributed by atoms with Crippen LogP contribution >= 0.6 is 11.3 Å². The van der Waals surface area contributed by atoms with Crippen molar-refractivity contribution in [2.75, 3.05) is 34.9 Å². The summed E-state index contributed by atoms with van der Waals surface area (Å²) in [4.78, 5) is 23.2. The highest BCUT2D eigenvalue weighted by atomic mass is 32.1. The average molecular weight is 445 g/mol. The Kier molecular flexibility index (Phi) is 6.32. The van der Waals surface area contributed by atoms with Crippen molar-refractivity contribution in [1.29, 1.82) is 0 Å². The lowest BCUT2D eigenvalue weighted by atomic mass is 10.2. The number of nitrogens with zero attached hydrogens (tertiary/aromatic N) is 3. The summed E-state index contributed by atoms with van der Waals surface area (Å²) in [6.07, 6.45) is 3.53. The molecule has 0 aliphatic rings. The second-order valence-electron chi connectivity index (χ2n) is 7.45. The van der Waals surface area contributed by atoms with Crippen LogP contribution < -0.4 is 20.9 Å². The molecule has 2 heterocycles. The van der Waals surface area contributed by atoms with Crippen molar-refractivity contribution in [3.05, 3.63) is 77.9 Å². The molecule has 0 saturated heterocycles. The molecule has 0 fully saturated rings. The highest BCUT2D eigenvalue weighted by Crippen LogP contribution is 2.29. The van der Waals surface area contributed by atoms with Gasteiger partial charge >= 0.3 is 6.03 Å². The van der Waals surface area contributed by atoms with E-state index < -0.39 is 0 Å². The number of rotatable bonds is 6. The maximum atomic E-state index is 12.4. The summed E-state index contributed by atoms with van der Waals surface area (Å²) in [5.74, 6) is 0. The monoisotopic (exact) mass is 444 g/mol. The molecule has 0 spiro atoms. The Balaban J connectivity index is 1.42. The van der Waals surface area contributed by atoms with Crippen LogP contribution in [-0.4, -0.2) is 30.1 Å². The van der Waals surface area contributed by atoms with Crippen molar-refractivity contribution in [1.82, 2.24) is 9.97 Å². The molecular formula is C24H24N6OS. The number of benzene rings is 2. The van der Waals surface area contributed by atoms with E-state index in [4.69, 9.17) is 0 Å². The van der Waals surface area contributed by atoms with Gasteiger partial charge in [-0.25, -0.2) is 9.78 Å². The molecule has 0 bridgehead atoms. The number of carbonyl (C=O) groups is 1. The van der Waals surface area contributed by atoms with Crippen LogP contribution in [0.3, 0.4) is 0 Å². The third-order valence-corrected chi connectivity index (χ3v) is 5.60. The van der Waals surface area contributed by atoms with Crippen molar-refractivity contribution < 1.29 is 4.79 Å². The molecule has 0 unspecified atom stereocenters. The first-order chi connectivity index (χ1) is 15.5. The maximum Gasteiger partial charge on any atom is 0.323 e. The largest absolute Gasteiger partial charge is 0.378 e. The van der Waals surface area contributed by atoms with Gasteiger partial charge in [0.25, 0.3) is 0 Å². The van der Waals surface area contributed by atoms with Gasteiger partial charge < -0.3 is 20.9 Å². The predicted octanol–water partition coefficient (Wildman–Crippen LogP) is 5.97. The molecule has 3 N–H and O–H groups in total. The van der Waals surface area contributed by atoms with E-state index in [1.807, 2.05) is 85.9 Å². The minimum absolute atomic E-state index is 0.300. The van der Waals surface area contributed by atoms with Gasteiger partial charge in [-0.3, -0.25) is 4.98 Å². The van der Waals surface area contributed by atoms with E-state index in [0.29, 0.717) is 5.69 Å². The number of urea groups is 1. The summed E-state index contributed by atoms with van der Waals surface area (Å²) < 4.78 is 0. The van der Waals surface area contributed by atoms with E-state index in [0.717, 1.165) is 39.0 Å². The van der Waals surface area contributed by atoms with Gasteiger partial charge in [-0.2, -0.15) is 0 Å². The first kappa shape index (κ1) is 21.3. The standard InChI is InChI=1S/C24H24N6OS/c1-16-6-7-19(27-23(31)26-18-8-10-20(11-9-18)30(2)3)13-21(16)28-24-29-22(15-32-24)17-5-4-12-25-14-17/h4-15H,1-3H3,(H,28,29)(H2,26,27,31). The molecule has 7 nitrogen and oxygen atoms in total. The SMILES string of the molecule is Cc1ccc(NC(=O)Nc2ccc(N(C)C)cc2)cc1Nc1nc(-c2cccnc2)cs1. The van der Waals surface area contributed by atoms with Gasteiger partial charge in [0, 0.05) is 60.2 Å². The molecule has 0 radical (unpaired) electrons. The number of thiazole rings is 1. The molecule has 32 heavy (non-hydrogen) atoms. The first-order valence-electron chi connectivity index (χ1n) is 10.1. The van der Waals surface area contributed by atoms with E-state index >= 15 is 0 Å². The lowest BCUT2D eigenvalue weighted by Gasteiger charge is -2.14. The summed E-state index contributed by atoms with van der Waals surface area (Å²) in [5, 5.41) is 11.9. The fraction of sp³-hybridized carbons (Fsp3) is 0.125. The highest BCUT2D eigenvalue weighted by molar-refractivity contribution is 7.14. The van der Waals surface area contributed by atoms with Crippen LogP contribution in [-0.2, 0) is 0 Å². The summed E-state index contributed by atoms with van der Waals surface area (Å²) in [6.45, 7) is 2.01. The Morgan fingerprint density at radius 2 is 1.75 bits per heavy atom. The number of anilines is 5. The molecule has 0 aliphatic heterocycles. The molecule has 162 valence electrons. The van der Waals surface area contributed by atoms with Crippen LogP contribution in [0.5, 0.6) is 0 Å². The second-order valence-corrected chi connectivity index (χ2v) is 8.31. The lowest BCUT2D eigenvalue weighted by molar-refractivity contribution is 0.262. The zero-order chi connectivity index (χ0) is 22.5. The van der Waals surface area contributed by atoms with Gasteiger partial charge in [0.1, 0.15) is 0 Å². The van der Waals surface area contributed by atoms with Crippen molar-refractivity contribution in [2.24, 2.45) is 0 Å². The lowest BCUT2D eigenvalue weighted by Crippen LogP contribution is -2.19. The van der Waals surface area contributed by atoms with Crippen molar-refractivity contribution >= 4 is 45.2 Å². The zero-order valence-electron chi connectivity index (χ0n) is 18.1. The molecule has 0 saturated carbocycles. The molecule has 4 rings (SSSR count). The van der Waals surface area contributed by atoms with Crippen LogP contribution in [0.1, 0.15) is 5.56 Å². The van der Waals surface area contributed by atoms with Gasteiger partial charge in [0.05, 0.1) is 5.69 Å². The normalized spacial score (nSPS) is 10.5. The quantitative estimate of drug-likeness (QED) is 0.341. The third-order valence-electron chi connectivity index (χ3n) is 4.84. The first-order valence-corrected chi connectivity index (χ1v) is 10.9. The molecular weight excluding hydrogens is 420 g/mol. The minimum Gasteiger partial charge on any atom is -0.378 e. The van der Waals surface area contributed by atoms with Gasteiger partial charge in [0.2, 0.25) is 0 Å². The van der Waals surface area contributed by atoms with Crippen LogP contribution in [0.25, 0.3) is 11.3 Å². The highest BCUT2D eigenvalue weighted by Gasteiger charge is 2.09. The Morgan fingerprint density at radius 1 is 1.00 bits per heavy atom. The molecule has 4 aromatic rings. The molecule has 2 aromatic carbocycles. The van der Waals surface area contributed by atoms with E-state index in [1.54, 1.807) is 12.4 Å². The third kappa shape index (κ3) is 5.22. The number of amides is 2. The van der Waals surface area contributed by atoms with Crippen molar-refractivity contribution in [3.8, 4) is 11.3 Å². The Bertz CT molecular complexity index is 1200. The topological polar surface area (TPSA) is 82.2 Å². The van der Waals surface area contributed by atoms with Crippen LogP contribution in [0.2, 0.25) is 0 Å². The van der Waals surface area contributed by atoms with E-state index in [1.165, 1.54) is 11.3 Å². The fourth-order valence-corrected chi connectivity index (χ4v) is 3.80. The van der Waals surface area contributed by atoms with Crippen LogP contribution in [0.15, 0.2) is 72.4 Å².